The maximum absolute atomic E-state index is 10.9. The average molecular weight is 270 g/mol. The van der Waals surface area contributed by atoms with Crippen LogP contribution in [0.15, 0.2) is 48.5 Å². The summed E-state index contributed by atoms with van der Waals surface area (Å²) in [5, 5.41) is 14.2. The van der Waals surface area contributed by atoms with Crippen LogP contribution >= 0.6 is 0 Å². The molecule has 0 radical (unpaired) electrons. The second-order valence-electron chi connectivity index (χ2n) is 4.73. The summed E-state index contributed by atoms with van der Waals surface area (Å²) in [7, 11) is 0. The van der Waals surface area contributed by atoms with Gasteiger partial charge < -0.3 is 5.32 Å². The molecule has 0 heterocycles. The lowest BCUT2D eigenvalue weighted by molar-refractivity contribution is -0.385. The van der Waals surface area contributed by atoms with Gasteiger partial charge in [-0.05, 0) is 31.0 Å². The van der Waals surface area contributed by atoms with Crippen molar-refractivity contribution in [3.05, 3.63) is 75.3 Å². The first-order chi connectivity index (χ1) is 9.68. The van der Waals surface area contributed by atoms with Crippen LogP contribution in [0.25, 0.3) is 0 Å². The summed E-state index contributed by atoms with van der Waals surface area (Å²) in [6.07, 6.45) is 0.953. The van der Waals surface area contributed by atoms with Gasteiger partial charge in [0.15, 0.2) is 0 Å². The van der Waals surface area contributed by atoms with Gasteiger partial charge in [0.25, 0.3) is 5.69 Å². The number of nitro benzene ring substituents is 1. The molecule has 0 atom stereocenters. The van der Waals surface area contributed by atoms with Gasteiger partial charge in [0.1, 0.15) is 0 Å². The summed E-state index contributed by atoms with van der Waals surface area (Å²) in [5.41, 5.74) is 3.19. The smallest absolute Gasteiger partial charge is 0.272 e. The number of nitrogens with one attached hydrogen (secondary N) is 1. The van der Waals surface area contributed by atoms with Crippen LogP contribution in [0.3, 0.4) is 0 Å². The molecule has 0 aliphatic heterocycles. The highest BCUT2D eigenvalue weighted by Crippen LogP contribution is 2.20. The second kappa shape index (κ2) is 6.82. The lowest BCUT2D eigenvalue weighted by Crippen LogP contribution is -2.17. The minimum Gasteiger partial charge on any atom is -0.312 e. The highest BCUT2D eigenvalue weighted by molar-refractivity contribution is 5.44. The molecule has 0 amide bonds. The van der Waals surface area contributed by atoms with Crippen LogP contribution < -0.4 is 5.32 Å². The fourth-order valence-corrected chi connectivity index (χ4v) is 2.16. The van der Waals surface area contributed by atoms with Crippen molar-refractivity contribution in [2.45, 2.75) is 19.9 Å². The van der Waals surface area contributed by atoms with Crippen LogP contribution in [0.4, 0.5) is 5.69 Å². The molecule has 104 valence electrons. The Hall–Kier alpha value is -2.20. The van der Waals surface area contributed by atoms with E-state index in [1.165, 1.54) is 5.56 Å². The molecule has 2 aromatic carbocycles. The fraction of sp³-hybridized carbons (Fsp3) is 0.250. The van der Waals surface area contributed by atoms with Crippen molar-refractivity contribution in [3.63, 3.8) is 0 Å². The topological polar surface area (TPSA) is 55.2 Å². The molecule has 0 bridgehead atoms. The van der Waals surface area contributed by atoms with Gasteiger partial charge >= 0.3 is 0 Å². The third kappa shape index (κ3) is 3.65. The van der Waals surface area contributed by atoms with Crippen molar-refractivity contribution >= 4 is 5.69 Å². The van der Waals surface area contributed by atoms with Crippen molar-refractivity contribution in [1.82, 2.24) is 5.32 Å². The number of benzene rings is 2. The van der Waals surface area contributed by atoms with Crippen LogP contribution in [0, 0.1) is 17.0 Å². The molecule has 0 unspecified atom stereocenters. The Morgan fingerprint density at radius 1 is 1.10 bits per heavy atom. The molecule has 0 aliphatic rings. The maximum Gasteiger partial charge on any atom is 0.272 e. The average Bonchev–Trinajstić information content (AvgIpc) is 2.46. The molecular formula is C16H18N2O2. The van der Waals surface area contributed by atoms with E-state index >= 15 is 0 Å². The third-order valence-electron chi connectivity index (χ3n) is 3.36. The van der Waals surface area contributed by atoms with Gasteiger partial charge in [-0.15, -0.1) is 0 Å². The van der Waals surface area contributed by atoms with Crippen LogP contribution in [0.5, 0.6) is 0 Å². The Labute approximate surface area is 118 Å². The van der Waals surface area contributed by atoms with E-state index in [2.05, 4.69) is 17.4 Å². The second-order valence-corrected chi connectivity index (χ2v) is 4.73. The molecule has 0 aromatic heterocycles. The number of rotatable bonds is 6. The van der Waals surface area contributed by atoms with E-state index in [1.54, 1.807) is 19.1 Å². The van der Waals surface area contributed by atoms with E-state index in [0.29, 0.717) is 6.54 Å². The highest BCUT2D eigenvalue weighted by atomic mass is 16.6. The molecule has 0 spiro atoms. The summed E-state index contributed by atoms with van der Waals surface area (Å²) >= 11 is 0. The molecule has 1 N–H and O–H groups in total. The SMILES string of the molecule is Cc1c(CNCCc2ccccc2)cccc1[N+](=O)[O-]. The first-order valence-corrected chi connectivity index (χ1v) is 6.66. The van der Waals surface area contributed by atoms with Gasteiger partial charge in [-0.2, -0.15) is 0 Å². The van der Waals surface area contributed by atoms with E-state index in [0.717, 1.165) is 24.1 Å². The first-order valence-electron chi connectivity index (χ1n) is 6.66. The first kappa shape index (κ1) is 14.2. The number of nitrogens with zero attached hydrogens (tertiary/aromatic N) is 1. The zero-order chi connectivity index (χ0) is 14.4. The molecule has 0 aliphatic carbocycles. The Kier molecular flexibility index (Phi) is 4.85. The van der Waals surface area contributed by atoms with E-state index in [-0.39, 0.29) is 10.6 Å². The van der Waals surface area contributed by atoms with Gasteiger partial charge in [0.2, 0.25) is 0 Å². The fourth-order valence-electron chi connectivity index (χ4n) is 2.16. The molecular weight excluding hydrogens is 252 g/mol. The number of hydrogen-bond acceptors (Lipinski definition) is 3. The van der Waals surface area contributed by atoms with Crippen LogP contribution in [0.2, 0.25) is 0 Å². The quantitative estimate of drug-likeness (QED) is 0.498. The summed E-state index contributed by atoms with van der Waals surface area (Å²) in [6, 6.07) is 15.5. The summed E-state index contributed by atoms with van der Waals surface area (Å²) < 4.78 is 0. The molecule has 0 saturated heterocycles. The zero-order valence-electron chi connectivity index (χ0n) is 11.5. The Balaban J connectivity index is 1.88. The minimum atomic E-state index is -0.331. The molecule has 0 fully saturated rings. The standard InChI is InChI=1S/C16H18N2O2/c1-13-15(8-5-9-16(13)18(19)20)12-17-11-10-14-6-3-2-4-7-14/h2-9,17H,10-12H2,1H3. The Bertz CT molecular complexity index is 582. The predicted molar refractivity (Wildman–Crippen MR) is 79.7 cm³/mol. The molecule has 0 saturated carbocycles. The van der Waals surface area contributed by atoms with Crippen LogP contribution in [-0.4, -0.2) is 11.5 Å². The van der Waals surface area contributed by atoms with Gasteiger partial charge in [0.05, 0.1) is 4.92 Å². The number of hydrogen-bond donors (Lipinski definition) is 1. The van der Waals surface area contributed by atoms with Gasteiger partial charge in [-0.25, -0.2) is 0 Å². The molecule has 2 rings (SSSR count). The summed E-state index contributed by atoms with van der Waals surface area (Å²) in [6.45, 7) is 3.30. The van der Waals surface area contributed by atoms with Crippen molar-refractivity contribution in [2.24, 2.45) is 0 Å². The van der Waals surface area contributed by atoms with Crippen molar-refractivity contribution in [2.75, 3.05) is 6.54 Å². The van der Waals surface area contributed by atoms with Gasteiger partial charge in [-0.1, -0.05) is 42.5 Å². The maximum atomic E-state index is 10.9. The Morgan fingerprint density at radius 3 is 2.55 bits per heavy atom. The van der Waals surface area contributed by atoms with E-state index < -0.39 is 0 Å². The molecule has 4 heteroatoms. The van der Waals surface area contributed by atoms with E-state index in [9.17, 15) is 10.1 Å². The monoisotopic (exact) mass is 270 g/mol. The molecule has 2 aromatic rings. The predicted octanol–water partition coefficient (Wildman–Crippen LogP) is 3.24. The normalized spacial score (nSPS) is 10.4. The summed E-state index contributed by atoms with van der Waals surface area (Å²) in [5.74, 6) is 0. The van der Waals surface area contributed by atoms with Crippen molar-refractivity contribution in [1.29, 1.82) is 0 Å². The highest BCUT2D eigenvalue weighted by Gasteiger charge is 2.12. The van der Waals surface area contributed by atoms with Crippen LogP contribution in [0.1, 0.15) is 16.7 Å². The zero-order valence-corrected chi connectivity index (χ0v) is 11.5. The molecule has 20 heavy (non-hydrogen) atoms. The minimum absolute atomic E-state index is 0.187. The lowest BCUT2D eigenvalue weighted by atomic mass is 10.1. The van der Waals surface area contributed by atoms with E-state index in [4.69, 9.17) is 0 Å². The lowest BCUT2D eigenvalue weighted by Gasteiger charge is -2.08. The van der Waals surface area contributed by atoms with Crippen molar-refractivity contribution < 1.29 is 4.92 Å². The number of nitro groups is 1. The van der Waals surface area contributed by atoms with E-state index in [1.807, 2.05) is 24.3 Å². The molecule has 4 nitrogen and oxygen atoms in total. The van der Waals surface area contributed by atoms with Gasteiger partial charge in [0, 0.05) is 18.2 Å². The van der Waals surface area contributed by atoms with Crippen molar-refractivity contribution in [3.8, 4) is 0 Å². The Morgan fingerprint density at radius 2 is 1.85 bits per heavy atom. The summed E-state index contributed by atoms with van der Waals surface area (Å²) in [4.78, 5) is 10.5. The van der Waals surface area contributed by atoms with Crippen LogP contribution in [-0.2, 0) is 13.0 Å². The third-order valence-corrected chi connectivity index (χ3v) is 3.36. The largest absolute Gasteiger partial charge is 0.312 e. The van der Waals surface area contributed by atoms with Gasteiger partial charge in [-0.3, -0.25) is 10.1 Å².